The molecule has 0 atom stereocenters. The number of hydrogen-bond acceptors (Lipinski definition) is 6. The van der Waals surface area contributed by atoms with Gasteiger partial charge in [0.05, 0.1) is 16.9 Å². The predicted molar refractivity (Wildman–Crippen MR) is 94.9 cm³/mol. The molecule has 0 saturated carbocycles. The molecule has 3 rings (SSSR count). The van der Waals surface area contributed by atoms with Crippen molar-refractivity contribution in [2.75, 3.05) is 7.11 Å². The van der Waals surface area contributed by atoms with Gasteiger partial charge in [0.2, 0.25) is 5.82 Å². The normalized spacial score (nSPS) is 10.8. The second-order valence-corrected chi connectivity index (χ2v) is 6.56. The number of halogens is 1. The molecule has 0 unspecified atom stereocenters. The smallest absolute Gasteiger partial charge is 0.318 e. The summed E-state index contributed by atoms with van der Waals surface area (Å²) >= 11 is 0.959. The number of nitro groups is 1. The molecule has 134 valence electrons. The Morgan fingerprint density at radius 3 is 2.54 bits per heavy atom. The highest BCUT2D eigenvalue weighted by molar-refractivity contribution is 7.99. The second kappa shape index (κ2) is 7.12. The van der Waals surface area contributed by atoms with Gasteiger partial charge >= 0.3 is 5.69 Å². The molecule has 2 aromatic carbocycles. The summed E-state index contributed by atoms with van der Waals surface area (Å²) in [5.41, 5.74) is 1.37. The van der Waals surface area contributed by atoms with E-state index >= 15 is 0 Å². The van der Waals surface area contributed by atoms with Crippen LogP contribution in [0.2, 0.25) is 0 Å². The van der Waals surface area contributed by atoms with E-state index in [9.17, 15) is 14.5 Å². The molecule has 0 radical (unpaired) electrons. The maximum absolute atomic E-state index is 14.1. The summed E-state index contributed by atoms with van der Waals surface area (Å²) in [6.07, 6.45) is 0. The maximum atomic E-state index is 14.1. The minimum atomic E-state index is -0.960. The third-order valence-electron chi connectivity index (χ3n) is 3.77. The number of methoxy groups -OCH3 is 1. The number of nitrogens with zero attached hydrogens (tertiary/aromatic N) is 4. The molecule has 0 spiro atoms. The Bertz CT molecular complexity index is 973. The molecule has 9 heteroatoms. The van der Waals surface area contributed by atoms with Gasteiger partial charge in [-0.3, -0.25) is 10.1 Å². The summed E-state index contributed by atoms with van der Waals surface area (Å²) < 4.78 is 20.8. The first kappa shape index (κ1) is 17.9. The fourth-order valence-corrected chi connectivity index (χ4v) is 3.32. The van der Waals surface area contributed by atoms with Crippen molar-refractivity contribution in [3.8, 4) is 17.1 Å². The summed E-state index contributed by atoms with van der Waals surface area (Å²) in [6.45, 7) is 1.98. The van der Waals surface area contributed by atoms with Crippen molar-refractivity contribution in [3.63, 3.8) is 0 Å². The molecule has 0 aliphatic rings. The lowest BCUT2D eigenvalue weighted by Crippen LogP contribution is -1.99. The average Bonchev–Trinajstić information content (AvgIpc) is 2.95. The van der Waals surface area contributed by atoms with Crippen LogP contribution in [-0.2, 0) is 7.05 Å². The second-order valence-electron chi connectivity index (χ2n) is 5.55. The zero-order valence-corrected chi connectivity index (χ0v) is 15.1. The van der Waals surface area contributed by atoms with Crippen LogP contribution >= 0.6 is 11.8 Å². The van der Waals surface area contributed by atoms with Gasteiger partial charge in [0.25, 0.3) is 0 Å². The van der Waals surface area contributed by atoms with Crippen LogP contribution in [0.15, 0.2) is 46.5 Å². The number of rotatable bonds is 5. The number of hydrogen-bond donors (Lipinski definition) is 0. The van der Waals surface area contributed by atoms with Crippen molar-refractivity contribution in [2.45, 2.75) is 17.0 Å². The highest BCUT2D eigenvalue weighted by Gasteiger charge is 2.25. The Kier molecular flexibility index (Phi) is 4.90. The largest absolute Gasteiger partial charge is 0.497 e. The van der Waals surface area contributed by atoms with E-state index in [0.717, 1.165) is 29.0 Å². The van der Waals surface area contributed by atoms with Gasteiger partial charge in [-0.15, -0.1) is 10.2 Å². The lowest BCUT2D eigenvalue weighted by Gasteiger charge is -2.07. The van der Waals surface area contributed by atoms with Crippen LogP contribution in [0.3, 0.4) is 0 Å². The minimum absolute atomic E-state index is 0.0952. The zero-order chi connectivity index (χ0) is 18.8. The highest BCUT2D eigenvalue weighted by atomic mass is 32.2. The molecule has 26 heavy (non-hydrogen) atoms. The Morgan fingerprint density at radius 1 is 1.23 bits per heavy atom. The standard InChI is InChI=1S/C17H15FN4O3S/c1-10-4-6-11(7-5-10)16-19-20-17(21(16)2)26-14-9-12(25-3)8-13(18)15(14)22(23)24/h4-9H,1-3H3. The van der Waals surface area contributed by atoms with Gasteiger partial charge in [-0.25, -0.2) is 0 Å². The molecule has 0 N–H and O–H groups in total. The molecular formula is C17H15FN4O3S. The average molecular weight is 374 g/mol. The Labute approximate surface area is 153 Å². The van der Waals surface area contributed by atoms with Gasteiger partial charge in [0, 0.05) is 24.7 Å². The third kappa shape index (κ3) is 3.38. The first-order valence-electron chi connectivity index (χ1n) is 7.57. The molecule has 1 aromatic heterocycles. The van der Waals surface area contributed by atoms with E-state index in [1.807, 2.05) is 31.2 Å². The molecule has 0 fully saturated rings. The lowest BCUT2D eigenvalue weighted by atomic mass is 10.1. The lowest BCUT2D eigenvalue weighted by molar-refractivity contribution is -0.390. The topological polar surface area (TPSA) is 83.1 Å². The van der Waals surface area contributed by atoms with Crippen LogP contribution in [0.25, 0.3) is 11.4 Å². The fourth-order valence-electron chi connectivity index (χ4n) is 2.38. The molecule has 0 aliphatic carbocycles. The molecular weight excluding hydrogens is 359 g/mol. The van der Waals surface area contributed by atoms with E-state index in [1.54, 1.807) is 11.6 Å². The van der Waals surface area contributed by atoms with Crippen LogP contribution in [0, 0.1) is 22.9 Å². The molecule has 1 heterocycles. The van der Waals surface area contributed by atoms with Crippen LogP contribution < -0.4 is 4.74 Å². The van der Waals surface area contributed by atoms with E-state index in [0.29, 0.717) is 11.0 Å². The third-order valence-corrected chi connectivity index (χ3v) is 4.84. The van der Waals surface area contributed by atoms with Crippen molar-refractivity contribution >= 4 is 17.4 Å². The first-order chi connectivity index (χ1) is 12.4. The molecule has 0 bridgehead atoms. The quantitative estimate of drug-likeness (QED) is 0.496. The molecule has 7 nitrogen and oxygen atoms in total. The number of benzene rings is 2. The van der Waals surface area contributed by atoms with E-state index in [1.165, 1.54) is 13.2 Å². The molecule has 0 saturated heterocycles. The van der Waals surface area contributed by atoms with E-state index in [-0.39, 0.29) is 10.6 Å². The fraction of sp³-hybridized carbons (Fsp3) is 0.176. The number of ether oxygens (including phenoxy) is 1. The summed E-state index contributed by atoms with van der Waals surface area (Å²) in [5, 5.41) is 19.9. The Balaban J connectivity index is 2.01. The van der Waals surface area contributed by atoms with Crippen LogP contribution in [0.5, 0.6) is 5.75 Å². The van der Waals surface area contributed by atoms with Crippen molar-refractivity contribution in [1.29, 1.82) is 0 Å². The van der Waals surface area contributed by atoms with Crippen LogP contribution in [0.1, 0.15) is 5.56 Å². The van der Waals surface area contributed by atoms with Gasteiger partial charge in [-0.1, -0.05) is 29.8 Å². The van der Waals surface area contributed by atoms with Crippen molar-refractivity contribution in [1.82, 2.24) is 14.8 Å². The predicted octanol–water partition coefficient (Wildman–Crippen LogP) is 4.00. The zero-order valence-electron chi connectivity index (χ0n) is 14.3. The summed E-state index contributed by atoms with van der Waals surface area (Å²) in [7, 11) is 3.12. The number of nitro benzene ring substituents is 1. The van der Waals surface area contributed by atoms with Crippen molar-refractivity contribution < 1.29 is 14.1 Å². The summed E-state index contributed by atoms with van der Waals surface area (Å²) in [4.78, 5) is 10.6. The van der Waals surface area contributed by atoms with Crippen LogP contribution in [0.4, 0.5) is 10.1 Å². The molecule has 3 aromatic rings. The number of aryl methyl sites for hydroxylation is 1. The molecule has 0 aliphatic heterocycles. The van der Waals surface area contributed by atoms with Crippen molar-refractivity contribution in [3.05, 3.63) is 57.9 Å². The van der Waals surface area contributed by atoms with Gasteiger partial charge in [-0.2, -0.15) is 4.39 Å². The summed E-state index contributed by atoms with van der Waals surface area (Å²) in [6, 6.07) is 10.1. The van der Waals surface area contributed by atoms with E-state index < -0.39 is 16.4 Å². The van der Waals surface area contributed by atoms with E-state index in [2.05, 4.69) is 10.2 Å². The minimum Gasteiger partial charge on any atom is -0.497 e. The monoisotopic (exact) mass is 374 g/mol. The van der Waals surface area contributed by atoms with Crippen molar-refractivity contribution in [2.24, 2.45) is 7.05 Å². The SMILES string of the molecule is COc1cc(F)c([N+](=O)[O-])c(Sc2nnc(-c3ccc(C)cc3)n2C)c1. The van der Waals surface area contributed by atoms with E-state index in [4.69, 9.17) is 4.74 Å². The van der Waals surface area contributed by atoms with Gasteiger partial charge in [-0.05, 0) is 18.7 Å². The van der Waals surface area contributed by atoms with Gasteiger partial charge in [0.1, 0.15) is 5.75 Å². The number of aromatic nitrogens is 3. The maximum Gasteiger partial charge on any atom is 0.318 e. The Hall–Kier alpha value is -2.94. The highest BCUT2D eigenvalue weighted by Crippen LogP contribution is 2.39. The Morgan fingerprint density at radius 2 is 1.92 bits per heavy atom. The van der Waals surface area contributed by atoms with Gasteiger partial charge < -0.3 is 9.30 Å². The summed E-state index contributed by atoms with van der Waals surface area (Å²) in [5.74, 6) is -0.159. The first-order valence-corrected chi connectivity index (χ1v) is 8.38. The van der Waals surface area contributed by atoms with Gasteiger partial charge in [0.15, 0.2) is 11.0 Å². The van der Waals surface area contributed by atoms with Crippen LogP contribution in [-0.4, -0.2) is 26.8 Å². The molecule has 0 amide bonds.